The maximum absolute atomic E-state index is 11.2. The Morgan fingerprint density at radius 1 is 0.966 bits per heavy atom. The molecule has 29 heavy (non-hydrogen) atoms. The van der Waals surface area contributed by atoms with E-state index in [9.17, 15) is 5.11 Å². The molecule has 0 unspecified atom stereocenters. The molecule has 1 saturated carbocycles. The summed E-state index contributed by atoms with van der Waals surface area (Å²) in [6.45, 7) is 18.3. The minimum absolute atomic E-state index is 0.164. The second-order valence-electron chi connectivity index (χ2n) is 10.7. The zero-order valence-corrected chi connectivity index (χ0v) is 18.6. The summed E-state index contributed by atoms with van der Waals surface area (Å²) in [7, 11) is 0. The van der Waals surface area contributed by atoms with Crippen LogP contribution >= 0.6 is 0 Å². The Morgan fingerprint density at radius 3 is 2.17 bits per heavy atom. The molecule has 3 nitrogen and oxygen atoms in total. The molecule has 1 aromatic rings. The van der Waals surface area contributed by atoms with E-state index < -0.39 is 5.60 Å². The van der Waals surface area contributed by atoms with Crippen LogP contribution in [-0.4, -0.2) is 35.2 Å². The van der Waals surface area contributed by atoms with Crippen LogP contribution in [0.4, 0.5) is 5.69 Å². The minimum atomic E-state index is -0.569. The van der Waals surface area contributed by atoms with Gasteiger partial charge in [-0.2, -0.15) is 0 Å². The van der Waals surface area contributed by atoms with Crippen LogP contribution in [0.5, 0.6) is 0 Å². The predicted octanol–water partition coefficient (Wildman–Crippen LogP) is 5.61. The van der Waals surface area contributed by atoms with E-state index in [0.29, 0.717) is 0 Å². The van der Waals surface area contributed by atoms with Crippen LogP contribution in [0.15, 0.2) is 48.8 Å². The summed E-state index contributed by atoms with van der Waals surface area (Å²) in [5.74, 6) is 0. The number of aliphatic hydroxyl groups is 1. The summed E-state index contributed by atoms with van der Waals surface area (Å²) in [6, 6.07) is 9.03. The van der Waals surface area contributed by atoms with Gasteiger partial charge in [0.1, 0.15) is 0 Å². The third-order valence-corrected chi connectivity index (χ3v) is 7.76. The number of benzene rings is 1. The maximum Gasteiger partial charge on any atom is 0.0822 e. The fourth-order valence-corrected chi connectivity index (χ4v) is 5.54. The van der Waals surface area contributed by atoms with Gasteiger partial charge in [-0.05, 0) is 68.1 Å². The molecule has 3 fully saturated rings. The molecule has 0 aromatic heterocycles. The van der Waals surface area contributed by atoms with Gasteiger partial charge in [-0.15, -0.1) is 0 Å². The van der Waals surface area contributed by atoms with Gasteiger partial charge in [0, 0.05) is 42.1 Å². The van der Waals surface area contributed by atoms with E-state index in [-0.39, 0.29) is 10.8 Å². The van der Waals surface area contributed by atoms with Crippen molar-refractivity contribution in [1.29, 1.82) is 0 Å². The summed E-state index contributed by atoms with van der Waals surface area (Å²) in [4.78, 5) is 4.73. The van der Waals surface area contributed by atoms with Crippen LogP contribution in [0, 0.1) is 5.41 Å². The van der Waals surface area contributed by atoms with Crippen molar-refractivity contribution in [3.63, 3.8) is 0 Å². The van der Waals surface area contributed by atoms with Gasteiger partial charge < -0.3 is 14.9 Å². The Morgan fingerprint density at radius 2 is 1.62 bits per heavy atom. The molecule has 1 spiro atoms. The first-order valence-electron chi connectivity index (χ1n) is 11.3. The van der Waals surface area contributed by atoms with E-state index in [0.717, 1.165) is 58.2 Å². The van der Waals surface area contributed by atoms with Crippen LogP contribution in [0.25, 0.3) is 0 Å². The summed E-state index contributed by atoms with van der Waals surface area (Å²) in [5.41, 5.74) is 4.86. The highest BCUT2D eigenvalue weighted by Gasteiger charge is 2.48. The summed E-state index contributed by atoms with van der Waals surface area (Å²) in [6.07, 6.45) is 7.23. The van der Waals surface area contributed by atoms with Crippen molar-refractivity contribution in [2.24, 2.45) is 5.41 Å². The number of anilines is 1. The molecule has 158 valence electrons. The highest BCUT2D eigenvalue weighted by Crippen LogP contribution is 2.53. The largest absolute Gasteiger partial charge is 0.388 e. The van der Waals surface area contributed by atoms with Gasteiger partial charge in [0.15, 0.2) is 0 Å². The highest BCUT2D eigenvalue weighted by molar-refractivity contribution is 5.56. The van der Waals surface area contributed by atoms with E-state index >= 15 is 0 Å². The molecule has 2 heterocycles. The Labute approximate surface area is 177 Å². The van der Waals surface area contributed by atoms with Crippen LogP contribution in [0.2, 0.25) is 0 Å². The van der Waals surface area contributed by atoms with Crippen LogP contribution in [-0.2, 0) is 5.41 Å². The lowest BCUT2D eigenvalue weighted by Gasteiger charge is -2.44. The van der Waals surface area contributed by atoms with E-state index in [1.807, 2.05) is 0 Å². The van der Waals surface area contributed by atoms with Crippen molar-refractivity contribution in [1.82, 2.24) is 4.90 Å². The molecule has 3 heteroatoms. The molecule has 1 N–H and O–H groups in total. The van der Waals surface area contributed by atoms with Gasteiger partial charge in [-0.3, -0.25) is 0 Å². The predicted molar refractivity (Wildman–Crippen MR) is 122 cm³/mol. The van der Waals surface area contributed by atoms with Crippen molar-refractivity contribution < 1.29 is 5.11 Å². The number of allylic oxidation sites excluding steroid dienone is 2. The number of likely N-dealkylation sites (tertiary alicyclic amines) is 1. The van der Waals surface area contributed by atoms with Gasteiger partial charge in [-0.1, -0.05) is 46.1 Å². The van der Waals surface area contributed by atoms with Gasteiger partial charge >= 0.3 is 0 Å². The molecule has 0 amide bonds. The van der Waals surface area contributed by atoms with Crippen LogP contribution in [0.1, 0.15) is 71.3 Å². The average molecular weight is 395 g/mol. The molecule has 3 aliphatic rings. The van der Waals surface area contributed by atoms with E-state index in [1.54, 1.807) is 0 Å². The molecule has 0 atom stereocenters. The van der Waals surface area contributed by atoms with Crippen molar-refractivity contribution in [3.05, 3.63) is 54.4 Å². The number of rotatable bonds is 3. The fourth-order valence-electron chi connectivity index (χ4n) is 5.54. The van der Waals surface area contributed by atoms with Crippen LogP contribution in [0.3, 0.4) is 0 Å². The zero-order chi connectivity index (χ0) is 20.9. The van der Waals surface area contributed by atoms with Crippen molar-refractivity contribution in [3.8, 4) is 0 Å². The molecule has 1 aliphatic carbocycles. The third-order valence-electron chi connectivity index (χ3n) is 7.76. The second kappa shape index (κ2) is 7.19. The van der Waals surface area contributed by atoms with Gasteiger partial charge in [0.25, 0.3) is 0 Å². The minimum Gasteiger partial charge on any atom is -0.388 e. The maximum atomic E-state index is 11.2. The second-order valence-corrected chi connectivity index (χ2v) is 10.7. The van der Waals surface area contributed by atoms with Crippen molar-refractivity contribution in [2.75, 3.05) is 24.5 Å². The standard InChI is InChI=1S/C26H38N2O/c1-20-7-6-17-27(20)19-26(29)14-12-25(13-15-26)16-18-28(21(25)2)23-10-8-22(9-11-23)24(3,4)5/h8-11,29H,1-2,6-7,12-19H2,3-5H3. The fraction of sp³-hybridized carbons (Fsp3) is 0.615. The number of β-amino-alcohol motifs (C(OH)–C–C–N with tert-alkyl or cyclic N) is 1. The molecule has 0 bridgehead atoms. The molecule has 2 aliphatic heterocycles. The molecular formula is C26H38N2O. The zero-order valence-electron chi connectivity index (χ0n) is 18.6. The summed E-state index contributed by atoms with van der Waals surface area (Å²) in [5, 5.41) is 11.2. The number of hydrogen-bond donors (Lipinski definition) is 1. The average Bonchev–Trinajstić information content (AvgIpc) is 3.21. The number of nitrogens with zero attached hydrogens (tertiary/aromatic N) is 2. The molecule has 0 radical (unpaired) electrons. The Kier molecular flexibility index (Phi) is 5.09. The Balaban J connectivity index is 1.42. The summed E-state index contributed by atoms with van der Waals surface area (Å²) >= 11 is 0. The van der Waals surface area contributed by atoms with E-state index in [4.69, 9.17) is 0 Å². The molecule has 1 aromatic carbocycles. The lowest BCUT2D eigenvalue weighted by atomic mass is 9.66. The van der Waals surface area contributed by atoms with E-state index in [1.165, 1.54) is 29.1 Å². The normalized spacial score (nSPS) is 30.6. The lowest BCUT2D eigenvalue weighted by molar-refractivity contribution is -0.0402. The first-order valence-corrected chi connectivity index (χ1v) is 11.3. The molecule has 2 saturated heterocycles. The van der Waals surface area contributed by atoms with Gasteiger partial charge in [0.05, 0.1) is 5.60 Å². The molecule has 4 rings (SSSR count). The lowest BCUT2D eigenvalue weighted by Crippen LogP contribution is -2.46. The highest BCUT2D eigenvalue weighted by atomic mass is 16.3. The first-order chi connectivity index (χ1) is 13.6. The molecular weight excluding hydrogens is 356 g/mol. The first kappa shape index (κ1) is 20.5. The summed E-state index contributed by atoms with van der Waals surface area (Å²) < 4.78 is 0. The van der Waals surface area contributed by atoms with Gasteiger partial charge in [0.2, 0.25) is 0 Å². The van der Waals surface area contributed by atoms with E-state index in [2.05, 4.69) is 68.0 Å². The van der Waals surface area contributed by atoms with Gasteiger partial charge in [-0.25, -0.2) is 0 Å². The SMILES string of the molecule is C=C1CCCN1CC1(O)CCC2(CCN(c3ccc(C(C)(C)C)cc3)C2=C)CC1. The third kappa shape index (κ3) is 3.86. The topological polar surface area (TPSA) is 26.7 Å². The Hall–Kier alpha value is -1.74. The van der Waals surface area contributed by atoms with Crippen molar-refractivity contribution in [2.45, 2.75) is 76.7 Å². The van der Waals surface area contributed by atoms with Crippen LogP contribution < -0.4 is 4.90 Å². The number of hydrogen-bond acceptors (Lipinski definition) is 3. The Bertz CT molecular complexity index is 778. The smallest absolute Gasteiger partial charge is 0.0822 e. The quantitative estimate of drug-likeness (QED) is 0.722. The van der Waals surface area contributed by atoms with Crippen molar-refractivity contribution >= 4 is 5.69 Å². The monoisotopic (exact) mass is 394 g/mol.